The molecule has 2 aliphatic carbocycles. The number of aldehydes is 1. The van der Waals surface area contributed by atoms with Crippen LogP contribution in [-0.4, -0.2) is 6.29 Å². The van der Waals surface area contributed by atoms with Crippen LogP contribution < -0.4 is 0 Å². The Morgan fingerprint density at radius 3 is 1.56 bits per heavy atom. The molecular formula is C15H24O. The Labute approximate surface area is 99.3 Å². The quantitative estimate of drug-likeness (QED) is 0.512. The number of allylic oxidation sites excluding steroid dienone is 2. The van der Waals surface area contributed by atoms with E-state index in [0.717, 1.165) is 18.1 Å². The standard InChI is InChI=1S/C15H24O/c16-12-11-15(13-7-3-1-4-8-13)14-9-5-2-6-10-14/h11-14H,1-10H2. The monoisotopic (exact) mass is 220 g/mol. The van der Waals surface area contributed by atoms with Crippen LogP contribution >= 0.6 is 0 Å². The van der Waals surface area contributed by atoms with E-state index in [1.165, 1.54) is 69.8 Å². The number of hydrogen-bond donors (Lipinski definition) is 0. The molecule has 0 aliphatic heterocycles. The van der Waals surface area contributed by atoms with E-state index >= 15 is 0 Å². The normalized spacial score (nSPS) is 24.0. The fraction of sp³-hybridized carbons (Fsp3) is 0.800. The Morgan fingerprint density at radius 2 is 1.19 bits per heavy atom. The van der Waals surface area contributed by atoms with Crippen LogP contribution in [-0.2, 0) is 4.79 Å². The topological polar surface area (TPSA) is 17.1 Å². The van der Waals surface area contributed by atoms with Crippen molar-refractivity contribution in [1.82, 2.24) is 0 Å². The fourth-order valence-corrected chi connectivity index (χ4v) is 3.56. The average Bonchev–Trinajstić information content (AvgIpc) is 2.38. The second kappa shape index (κ2) is 6.22. The Hall–Kier alpha value is -0.590. The summed E-state index contributed by atoms with van der Waals surface area (Å²) in [6.45, 7) is 0. The van der Waals surface area contributed by atoms with E-state index in [4.69, 9.17) is 0 Å². The number of carbonyl (C=O) groups is 1. The first-order valence-corrected chi connectivity index (χ1v) is 7.07. The van der Waals surface area contributed by atoms with Crippen molar-refractivity contribution in [2.45, 2.75) is 64.2 Å². The molecule has 0 saturated heterocycles. The molecule has 0 radical (unpaired) electrons. The number of rotatable bonds is 3. The molecule has 2 aliphatic rings. The zero-order valence-electron chi connectivity index (χ0n) is 10.3. The summed E-state index contributed by atoms with van der Waals surface area (Å²) in [5, 5.41) is 0. The number of hydrogen-bond acceptors (Lipinski definition) is 1. The third-order valence-electron chi connectivity index (χ3n) is 4.41. The average molecular weight is 220 g/mol. The molecule has 0 unspecified atom stereocenters. The largest absolute Gasteiger partial charge is 0.299 e. The van der Waals surface area contributed by atoms with Gasteiger partial charge < -0.3 is 0 Å². The van der Waals surface area contributed by atoms with E-state index in [9.17, 15) is 4.79 Å². The van der Waals surface area contributed by atoms with Gasteiger partial charge in [-0.15, -0.1) is 0 Å². The summed E-state index contributed by atoms with van der Waals surface area (Å²) in [6.07, 6.45) is 16.5. The van der Waals surface area contributed by atoms with E-state index in [1.807, 2.05) is 6.08 Å². The summed E-state index contributed by atoms with van der Waals surface area (Å²) in [6, 6.07) is 0. The van der Waals surface area contributed by atoms with Crippen molar-refractivity contribution < 1.29 is 4.79 Å². The second-order valence-electron chi connectivity index (χ2n) is 5.47. The lowest BCUT2D eigenvalue weighted by Gasteiger charge is -2.32. The molecule has 0 N–H and O–H groups in total. The lowest BCUT2D eigenvalue weighted by Crippen LogP contribution is -2.18. The summed E-state index contributed by atoms with van der Waals surface area (Å²) >= 11 is 0. The first-order chi connectivity index (χ1) is 7.92. The van der Waals surface area contributed by atoms with E-state index in [2.05, 4.69) is 0 Å². The molecular weight excluding hydrogens is 196 g/mol. The smallest absolute Gasteiger partial charge is 0.142 e. The highest BCUT2D eigenvalue weighted by molar-refractivity contribution is 5.66. The molecule has 1 heteroatoms. The third-order valence-corrected chi connectivity index (χ3v) is 4.41. The maximum Gasteiger partial charge on any atom is 0.142 e. The van der Waals surface area contributed by atoms with Crippen molar-refractivity contribution >= 4 is 6.29 Å². The molecule has 1 nitrogen and oxygen atoms in total. The van der Waals surface area contributed by atoms with Gasteiger partial charge in [0.1, 0.15) is 6.29 Å². The van der Waals surface area contributed by atoms with Crippen molar-refractivity contribution in [2.75, 3.05) is 0 Å². The van der Waals surface area contributed by atoms with Crippen molar-refractivity contribution in [3.8, 4) is 0 Å². The van der Waals surface area contributed by atoms with Crippen LogP contribution in [0.3, 0.4) is 0 Å². The fourth-order valence-electron chi connectivity index (χ4n) is 3.56. The molecule has 0 amide bonds. The molecule has 2 fully saturated rings. The predicted molar refractivity (Wildman–Crippen MR) is 67.3 cm³/mol. The van der Waals surface area contributed by atoms with Crippen LogP contribution in [0.4, 0.5) is 0 Å². The van der Waals surface area contributed by atoms with Gasteiger partial charge in [-0.05, 0) is 43.6 Å². The Kier molecular flexibility index (Phi) is 4.62. The van der Waals surface area contributed by atoms with Gasteiger partial charge in [0, 0.05) is 0 Å². The second-order valence-corrected chi connectivity index (χ2v) is 5.47. The lowest BCUT2D eigenvalue weighted by atomic mass is 9.73. The first kappa shape index (κ1) is 11.9. The maximum absolute atomic E-state index is 10.8. The molecule has 16 heavy (non-hydrogen) atoms. The minimum atomic E-state index is 0.738. The summed E-state index contributed by atoms with van der Waals surface area (Å²) in [4.78, 5) is 10.8. The lowest BCUT2D eigenvalue weighted by molar-refractivity contribution is -0.104. The molecule has 0 spiro atoms. The Bertz CT molecular complexity index is 222. The molecule has 90 valence electrons. The van der Waals surface area contributed by atoms with E-state index < -0.39 is 0 Å². The summed E-state index contributed by atoms with van der Waals surface area (Å²) in [5.74, 6) is 1.48. The van der Waals surface area contributed by atoms with Gasteiger partial charge in [0.2, 0.25) is 0 Å². The number of carbonyl (C=O) groups excluding carboxylic acids is 1. The van der Waals surface area contributed by atoms with Crippen molar-refractivity contribution in [1.29, 1.82) is 0 Å². The van der Waals surface area contributed by atoms with E-state index in [0.29, 0.717) is 0 Å². The molecule has 2 saturated carbocycles. The summed E-state index contributed by atoms with van der Waals surface area (Å²) in [7, 11) is 0. The third kappa shape index (κ3) is 2.96. The molecule has 0 aromatic heterocycles. The zero-order chi connectivity index (χ0) is 11.2. The SMILES string of the molecule is O=CC=C(C1CCCCC1)C1CCCCC1. The van der Waals surface area contributed by atoms with Gasteiger partial charge in [0.15, 0.2) is 0 Å². The highest BCUT2D eigenvalue weighted by Crippen LogP contribution is 2.39. The van der Waals surface area contributed by atoms with Crippen molar-refractivity contribution in [3.05, 3.63) is 11.6 Å². The Balaban J connectivity index is 2.02. The summed E-state index contributed by atoms with van der Waals surface area (Å²) < 4.78 is 0. The van der Waals surface area contributed by atoms with E-state index in [-0.39, 0.29) is 0 Å². The van der Waals surface area contributed by atoms with Crippen LogP contribution in [0.2, 0.25) is 0 Å². The highest BCUT2D eigenvalue weighted by Gasteiger charge is 2.25. The molecule has 0 heterocycles. The minimum absolute atomic E-state index is 0.738. The first-order valence-electron chi connectivity index (χ1n) is 7.07. The van der Waals surface area contributed by atoms with E-state index in [1.54, 1.807) is 0 Å². The molecule has 0 aromatic carbocycles. The van der Waals surface area contributed by atoms with Gasteiger partial charge in [-0.1, -0.05) is 44.1 Å². The van der Waals surface area contributed by atoms with Gasteiger partial charge >= 0.3 is 0 Å². The van der Waals surface area contributed by atoms with Gasteiger partial charge in [0.05, 0.1) is 0 Å². The molecule has 0 bridgehead atoms. The van der Waals surface area contributed by atoms with Crippen LogP contribution in [0, 0.1) is 11.8 Å². The zero-order valence-corrected chi connectivity index (χ0v) is 10.3. The summed E-state index contributed by atoms with van der Waals surface area (Å²) in [5.41, 5.74) is 1.51. The van der Waals surface area contributed by atoms with Crippen molar-refractivity contribution in [3.63, 3.8) is 0 Å². The van der Waals surface area contributed by atoms with Gasteiger partial charge in [0.25, 0.3) is 0 Å². The van der Waals surface area contributed by atoms with Crippen LogP contribution in [0.1, 0.15) is 64.2 Å². The Morgan fingerprint density at radius 1 is 0.750 bits per heavy atom. The predicted octanol–water partition coefficient (Wildman–Crippen LogP) is 4.27. The van der Waals surface area contributed by atoms with Gasteiger partial charge in [-0.3, -0.25) is 4.79 Å². The van der Waals surface area contributed by atoms with Crippen LogP contribution in [0.15, 0.2) is 11.6 Å². The van der Waals surface area contributed by atoms with Gasteiger partial charge in [-0.2, -0.15) is 0 Å². The maximum atomic E-state index is 10.8. The highest BCUT2D eigenvalue weighted by atomic mass is 16.1. The van der Waals surface area contributed by atoms with Gasteiger partial charge in [-0.25, -0.2) is 0 Å². The molecule has 2 rings (SSSR count). The molecule has 0 atom stereocenters. The van der Waals surface area contributed by atoms with Crippen LogP contribution in [0.25, 0.3) is 0 Å². The minimum Gasteiger partial charge on any atom is -0.299 e. The van der Waals surface area contributed by atoms with Crippen molar-refractivity contribution in [2.24, 2.45) is 11.8 Å². The molecule has 0 aromatic rings. The van der Waals surface area contributed by atoms with Crippen LogP contribution in [0.5, 0.6) is 0 Å².